The first-order valence-corrected chi connectivity index (χ1v) is 8.86. The monoisotopic (exact) mass is 285 g/mol. The van der Waals surface area contributed by atoms with Crippen LogP contribution in [0.25, 0.3) is 0 Å². The molecular formula is C13H23N3S2. The molecule has 0 spiro atoms. The summed E-state index contributed by atoms with van der Waals surface area (Å²) >= 11 is 4.21. The average molecular weight is 285 g/mol. The van der Waals surface area contributed by atoms with Crippen molar-refractivity contribution in [3.05, 3.63) is 18.0 Å². The van der Waals surface area contributed by atoms with E-state index in [1.807, 2.05) is 6.20 Å². The number of hydrogen-bond acceptors (Lipinski definition) is 4. The lowest BCUT2D eigenvalue weighted by molar-refractivity contribution is 0.475. The summed E-state index contributed by atoms with van der Waals surface area (Å²) in [5, 5.41) is 9.43. The summed E-state index contributed by atoms with van der Waals surface area (Å²) in [6, 6.07) is 2.59. The third-order valence-electron chi connectivity index (χ3n) is 3.36. The van der Waals surface area contributed by atoms with Crippen LogP contribution >= 0.6 is 23.5 Å². The van der Waals surface area contributed by atoms with Crippen LogP contribution in [0.3, 0.4) is 0 Å². The molecule has 3 unspecified atom stereocenters. The minimum absolute atomic E-state index is 0.422. The minimum atomic E-state index is 0.422. The summed E-state index contributed by atoms with van der Waals surface area (Å²) in [6.07, 6.45) is 1.93. The van der Waals surface area contributed by atoms with Crippen LogP contribution in [-0.4, -0.2) is 38.3 Å². The molecule has 0 amide bonds. The number of thioether (sulfide) groups is 2. The van der Waals surface area contributed by atoms with Crippen LogP contribution in [0.5, 0.6) is 0 Å². The van der Waals surface area contributed by atoms with E-state index in [4.69, 9.17) is 0 Å². The van der Waals surface area contributed by atoms with Crippen LogP contribution < -0.4 is 5.32 Å². The lowest BCUT2D eigenvalue weighted by atomic mass is 10.1. The van der Waals surface area contributed by atoms with E-state index in [0.29, 0.717) is 16.5 Å². The Morgan fingerprint density at radius 2 is 2.22 bits per heavy atom. The number of aryl methyl sites for hydroxylation is 1. The first-order chi connectivity index (χ1) is 8.77. The fourth-order valence-corrected chi connectivity index (χ4v) is 5.43. The van der Waals surface area contributed by atoms with Crippen molar-refractivity contribution in [3.8, 4) is 0 Å². The van der Waals surface area contributed by atoms with Gasteiger partial charge in [-0.1, -0.05) is 13.8 Å². The molecule has 3 nitrogen and oxygen atoms in total. The predicted molar refractivity (Wildman–Crippen MR) is 82.5 cm³/mol. The zero-order valence-electron chi connectivity index (χ0n) is 11.4. The molecule has 2 rings (SSSR count). The van der Waals surface area contributed by atoms with Gasteiger partial charge in [-0.3, -0.25) is 4.68 Å². The molecule has 0 aliphatic carbocycles. The third kappa shape index (κ3) is 3.06. The summed E-state index contributed by atoms with van der Waals surface area (Å²) in [5.41, 5.74) is 1.34. The van der Waals surface area contributed by atoms with E-state index in [1.54, 1.807) is 0 Å². The first-order valence-electron chi connectivity index (χ1n) is 6.76. The Hall–Kier alpha value is -0.130. The van der Waals surface area contributed by atoms with E-state index in [9.17, 15) is 0 Å². The summed E-state index contributed by atoms with van der Waals surface area (Å²) in [7, 11) is 0. The van der Waals surface area contributed by atoms with E-state index in [2.05, 4.69) is 65.5 Å². The van der Waals surface area contributed by atoms with Gasteiger partial charge in [-0.2, -0.15) is 28.6 Å². The minimum Gasteiger partial charge on any atom is -0.308 e. The van der Waals surface area contributed by atoms with Gasteiger partial charge in [0.2, 0.25) is 0 Å². The van der Waals surface area contributed by atoms with Crippen molar-refractivity contribution in [1.29, 1.82) is 0 Å². The van der Waals surface area contributed by atoms with Gasteiger partial charge in [0.15, 0.2) is 0 Å². The number of rotatable bonds is 5. The van der Waals surface area contributed by atoms with Crippen LogP contribution in [-0.2, 0) is 6.54 Å². The van der Waals surface area contributed by atoms with Gasteiger partial charge in [0, 0.05) is 34.7 Å². The SMILES string of the molecule is CCNC(c1ccnn1CC)C1SCCSC1C. The molecule has 18 heavy (non-hydrogen) atoms. The largest absolute Gasteiger partial charge is 0.308 e. The van der Waals surface area contributed by atoms with Gasteiger partial charge in [0.25, 0.3) is 0 Å². The van der Waals surface area contributed by atoms with Crippen LogP contribution in [0.4, 0.5) is 0 Å². The molecule has 0 saturated carbocycles. The van der Waals surface area contributed by atoms with Crippen molar-refractivity contribution in [2.75, 3.05) is 18.1 Å². The molecule has 1 aromatic heterocycles. The molecule has 1 aliphatic rings. The van der Waals surface area contributed by atoms with Crippen molar-refractivity contribution < 1.29 is 0 Å². The van der Waals surface area contributed by atoms with Crippen LogP contribution in [0.1, 0.15) is 32.5 Å². The Balaban J connectivity index is 2.21. The molecule has 2 heterocycles. The molecule has 1 aromatic rings. The van der Waals surface area contributed by atoms with Gasteiger partial charge < -0.3 is 5.32 Å². The molecule has 102 valence electrons. The second-order valence-electron chi connectivity index (χ2n) is 4.52. The molecular weight excluding hydrogens is 262 g/mol. The predicted octanol–water partition coefficient (Wildman–Crippen LogP) is 2.79. The second-order valence-corrected chi connectivity index (χ2v) is 7.29. The summed E-state index contributed by atoms with van der Waals surface area (Å²) in [6.45, 7) is 8.66. The topological polar surface area (TPSA) is 29.9 Å². The Bertz CT molecular complexity index is 367. The zero-order chi connectivity index (χ0) is 13.0. The maximum Gasteiger partial charge on any atom is 0.0623 e. The summed E-state index contributed by atoms with van der Waals surface area (Å²) < 4.78 is 2.12. The van der Waals surface area contributed by atoms with Gasteiger partial charge in [-0.05, 0) is 19.5 Å². The highest BCUT2D eigenvalue weighted by Gasteiger charge is 2.32. The highest BCUT2D eigenvalue weighted by atomic mass is 32.2. The quantitative estimate of drug-likeness (QED) is 0.901. The number of nitrogens with zero attached hydrogens (tertiary/aromatic N) is 2. The van der Waals surface area contributed by atoms with Gasteiger partial charge in [0.1, 0.15) is 0 Å². The normalized spacial score (nSPS) is 26.2. The van der Waals surface area contributed by atoms with E-state index in [0.717, 1.165) is 13.1 Å². The van der Waals surface area contributed by atoms with Crippen molar-refractivity contribution in [3.63, 3.8) is 0 Å². The molecule has 0 bridgehead atoms. The maximum absolute atomic E-state index is 4.42. The average Bonchev–Trinajstić information content (AvgIpc) is 2.85. The molecule has 1 aliphatic heterocycles. The highest BCUT2D eigenvalue weighted by Crippen LogP contribution is 2.38. The second kappa shape index (κ2) is 6.87. The molecule has 0 radical (unpaired) electrons. The Kier molecular flexibility index (Phi) is 5.45. The van der Waals surface area contributed by atoms with Crippen LogP contribution in [0.2, 0.25) is 0 Å². The van der Waals surface area contributed by atoms with Gasteiger partial charge in [-0.25, -0.2) is 0 Å². The lowest BCUT2D eigenvalue weighted by Crippen LogP contribution is -2.38. The first kappa shape index (κ1) is 14.3. The zero-order valence-corrected chi connectivity index (χ0v) is 13.1. The van der Waals surface area contributed by atoms with Crippen molar-refractivity contribution in [1.82, 2.24) is 15.1 Å². The smallest absolute Gasteiger partial charge is 0.0623 e. The van der Waals surface area contributed by atoms with Crippen molar-refractivity contribution >= 4 is 23.5 Å². The van der Waals surface area contributed by atoms with Crippen molar-refractivity contribution in [2.24, 2.45) is 0 Å². The van der Waals surface area contributed by atoms with Gasteiger partial charge in [0.05, 0.1) is 11.7 Å². The van der Waals surface area contributed by atoms with Crippen LogP contribution in [0.15, 0.2) is 12.3 Å². The Labute approximate surface area is 118 Å². The van der Waals surface area contributed by atoms with E-state index >= 15 is 0 Å². The van der Waals surface area contributed by atoms with Crippen LogP contribution in [0, 0.1) is 0 Å². The standard InChI is InChI=1S/C13H23N3S2/c1-4-14-12(11-6-7-15-16(11)5-2)13-10(3)17-8-9-18-13/h6-7,10,12-14H,4-5,8-9H2,1-3H3. The summed E-state index contributed by atoms with van der Waals surface area (Å²) in [5.74, 6) is 2.55. The van der Waals surface area contributed by atoms with Gasteiger partial charge in [-0.15, -0.1) is 0 Å². The number of nitrogens with one attached hydrogen (secondary N) is 1. The fourth-order valence-electron chi connectivity index (χ4n) is 2.50. The highest BCUT2D eigenvalue weighted by molar-refractivity contribution is 8.07. The van der Waals surface area contributed by atoms with E-state index in [-0.39, 0.29) is 0 Å². The molecule has 3 atom stereocenters. The molecule has 1 N–H and O–H groups in total. The lowest BCUT2D eigenvalue weighted by Gasteiger charge is -2.35. The molecule has 1 saturated heterocycles. The third-order valence-corrected chi connectivity index (χ3v) is 6.55. The van der Waals surface area contributed by atoms with Gasteiger partial charge >= 0.3 is 0 Å². The fraction of sp³-hybridized carbons (Fsp3) is 0.769. The number of aromatic nitrogens is 2. The van der Waals surface area contributed by atoms with E-state index < -0.39 is 0 Å². The molecule has 1 fully saturated rings. The molecule has 5 heteroatoms. The number of hydrogen-bond donors (Lipinski definition) is 1. The Morgan fingerprint density at radius 3 is 2.89 bits per heavy atom. The van der Waals surface area contributed by atoms with Crippen molar-refractivity contribution in [2.45, 2.75) is 43.9 Å². The molecule has 0 aromatic carbocycles. The Morgan fingerprint density at radius 1 is 1.44 bits per heavy atom. The summed E-state index contributed by atoms with van der Waals surface area (Å²) in [4.78, 5) is 0. The van der Waals surface area contributed by atoms with E-state index in [1.165, 1.54) is 17.2 Å². The maximum atomic E-state index is 4.42.